The van der Waals surface area contributed by atoms with E-state index >= 15 is 0 Å². The first-order valence-electron chi connectivity index (χ1n) is 7.43. The summed E-state index contributed by atoms with van der Waals surface area (Å²) in [6.45, 7) is 2.27. The summed E-state index contributed by atoms with van der Waals surface area (Å²) in [5.41, 5.74) is 5.98. The van der Waals surface area contributed by atoms with Crippen LogP contribution >= 0.6 is 0 Å². The van der Waals surface area contributed by atoms with Gasteiger partial charge in [0.1, 0.15) is 0 Å². The third kappa shape index (κ3) is 4.29. The molecule has 23 heavy (non-hydrogen) atoms. The molecule has 0 spiro atoms. The first-order chi connectivity index (χ1) is 10.8. The third-order valence-electron chi connectivity index (χ3n) is 3.92. The first kappa shape index (κ1) is 17.4. The van der Waals surface area contributed by atoms with Crippen molar-refractivity contribution < 1.29 is 18.0 Å². The van der Waals surface area contributed by atoms with Crippen LogP contribution in [0.4, 0.5) is 0 Å². The normalized spacial score (nSPS) is 16.9. The second kappa shape index (κ2) is 7.10. The fourth-order valence-electron chi connectivity index (χ4n) is 2.54. The smallest absolute Gasteiger partial charge is 0.243 e. The summed E-state index contributed by atoms with van der Waals surface area (Å²) in [5.74, 6) is -1.15. The van der Waals surface area contributed by atoms with Gasteiger partial charge < -0.3 is 11.1 Å². The van der Waals surface area contributed by atoms with Crippen molar-refractivity contribution in [2.45, 2.75) is 24.7 Å². The Hall–Kier alpha value is -1.93. The quantitative estimate of drug-likeness (QED) is 0.786. The number of rotatable bonds is 5. The van der Waals surface area contributed by atoms with Gasteiger partial charge in [-0.2, -0.15) is 4.31 Å². The number of aryl methyl sites for hydroxylation is 1. The molecule has 0 atom stereocenters. The van der Waals surface area contributed by atoms with Crippen LogP contribution in [0.25, 0.3) is 0 Å². The maximum absolute atomic E-state index is 12.6. The number of carbonyl (C=O) groups is 2. The van der Waals surface area contributed by atoms with E-state index in [4.69, 9.17) is 5.73 Å². The van der Waals surface area contributed by atoms with Crippen molar-refractivity contribution >= 4 is 21.8 Å². The molecule has 0 unspecified atom stereocenters. The Labute approximate surface area is 135 Å². The fourth-order valence-corrected chi connectivity index (χ4v) is 4.01. The summed E-state index contributed by atoms with van der Waals surface area (Å²) in [5, 5.41) is 2.46. The summed E-state index contributed by atoms with van der Waals surface area (Å²) < 4.78 is 26.5. The minimum Gasteiger partial charge on any atom is -0.368 e. The first-order valence-corrected chi connectivity index (χ1v) is 8.87. The number of hydrogen-bond acceptors (Lipinski definition) is 4. The van der Waals surface area contributed by atoms with E-state index < -0.39 is 15.9 Å². The maximum Gasteiger partial charge on any atom is 0.243 e. The Morgan fingerprint density at radius 3 is 2.30 bits per heavy atom. The van der Waals surface area contributed by atoms with Gasteiger partial charge >= 0.3 is 0 Å². The van der Waals surface area contributed by atoms with Crippen LogP contribution in [0.5, 0.6) is 0 Å². The Morgan fingerprint density at radius 1 is 1.22 bits per heavy atom. The molecule has 2 rings (SSSR count). The van der Waals surface area contributed by atoms with Crippen LogP contribution in [0, 0.1) is 12.8 Å². The molecule has 0 radical (unpaired) electrons. The fraction of sp³-hybridized carbons (Fsp3) is 0.467. The zero-order valence-electron chi connectivity index (χ0n) is 13.0. The summed E-state index contributed by atoms with van der Waals surface area (Å²) in [7, 11) is -3.53. The zero-order valence-corrected chi connectivity index (χ0v) is 13.8. The van der Waals surface area contributed by atoms with Crippen LogP contribution in [-0.2, 0) is 19.6 Å². The van der Waals surface area contributed by atoms with Gasteiger partial charge in [-0.3, -0.25) is 9.59 Å². The van der Waals surface area contributed by atoms with Gasteiger partial charge in [0, 0.05) is 19.0 Å². The van der Waals surface area contributed by atoms with Crippen molar-refractivity contribution in [1.82, 2.24) is 9.62 Å². The van der Waals surface area contributed by atoms with Gasteiger partial charge in [-0.15, -0.1) is 0 Å². The van der Waals surface area contributed by atoms with Gasteiger partial charge in [0.2, 0.25) is 21.8 Å². The number of nitrogens with one attached hydrogen (secondary N) is 1. The van der Waals surface area contributed by atoms with Gasteiger partial charge in [-0.1, -0.05) is 17.7 Å². The molecule has 0 aliphatic carbocycles. The van der Waals surface area contributed by atoms with Gasteiger partial charge in [0.05, 0.1) is 11.4 Å². The lowest BCUT2D eigenvalue weighted by Crippen LogP contribution is -2.44. The van der Waals surface area contributed by atoms with Gasteiger partial charge in [-0.05, 0) is 31.9 Å². The molecule has 1 heterocycles. The number of hydrogen-bond donors (Lipinski definition) is 2. The predicted molar refractivity (Wildman–Crippen MR) is 84.9 cm³/mol. The van der Waals surface area contributed by atoms with Crippen molar-refractivity contribution in [3.8, 4) is 0 Å². The van der Waals surface area contributed by atoms with Gasteiger partial charge in [-0.25, -0.2) is 8.42 Å². The predicted octanol–water partition coefficient (Wildman–Crippen LogP) is -0.00278. The van der Waals surface area contributed by atoms with E-state index in [1.807, 2.05) is 6.92 Å². The Balaban J connectivity index is 1.97. The van der Waals surface area contributed by atoms with E-state index in [2.05, 4.69) is 5.32 Å². The largest absolute Gasteiger partial charge is 0.368 e. The molecule has 1 aromatic rings. The molecular weight excluding hydrogens is 318 g/mol. The van der Waals surface area contributed by atoms with Crippen molar-refractivity contribution in [2.75, 3.05) is 19.6 Å². The second-order valence-electron chi connectivity index (χ2n) is 5.68. The zero-order chi connectivity index (χ0) is 17.0. The average molecular weight is 339 g/mol. The maximum atomic E-state index is 12.6. The minimum absolute atomic E-state index is 0.194. The van der Waals surface area contributed by atoms with E-state index in [0.29, 0.717) is 12.8 Å². The molecule has 1 saturated heterocycles. The average Bonchev–Trinajstić information content (AvgIpc) is 2.53. The van der Waals surface area contributed by atoms with Crippen LogP contribution in [0.2, 0.25) is 0 Å². The monoisotopic (exact) mass is 339 g/mol. The van der Waals surface area contributed by atoms with E-state index in [-0.39, 0.29) is 36.4 Å². The number of amides is 2. The number of benzene rings is 1. The Bertz CT molecular complexity index is 677. The molecule has 0 bridgehead atoms. The summed E-state index contributed by atoms with van der Waals surface area (Å²) in [4.78, 5) is 22.8. The van der Waals surface area contributed by atoms with Crippen molar-refractivity contribution in [3.05, 3.63) is 29.8 Å². The highest BCUT2D eigenvalue weighted by Crippen LogP contribution is 2.24. The third-order valence-corrected chi connectivity index (χ3v) is 5.83. The molecule has 3 N–H and O–H groups in total. The van der Waals surface area contributed by atoms with E-state index in [0.717, 1.165) is 5.56 Å². The Morgan fingerprint density at radius 2 is 1.78 bits per heavy atom. The summed E-state index contributed by atoms with van der Waals surface area (Å²) >= 11 is 0. The standard InChI is InChI=1S/C15H21N3O4S/c1-11-2-4-13(5-3-11)23(21,22)18-8-6-12(7-9-18)15(20)17-10-14(16)19/h2-5,12H,6-10H2,1H3,(H2,16,19)(H,17,20). The molecule has 126 valence electrons. The van der Waals surface area contributed by atoms with E-state index in [9.17, 15) is 18.0 Å². The van der Waals surface area contributed by atoms with Crippen LogP contribution in [0.1, 0.15) is 18.4 Å². The SMILES string of the molecule is Cc1ccc(S(=O)(=O)N2CCC(C(=O)NCC(N)=O)CC2)cc1. The Kier molecular flexibility index (Phi) is 5.38. The molecule has 1 aromatic carbocycles. The van der Waals surface area contributed by atoms with E-state index in [1.54, 1.807) is 24.3 Å². The molecule has 2 amide bonds. The number of primary amides is 1. The van der Waals surface area contributed by atoms with Gasteiger partial charge in [0.25, 0.3) is 0 Å². The molecule has 1 aliphatic rings. The highest BCUT2D eigenvalue weighted by molar-refractivity contribution is 7.89. The van der Waals surface area contributed by atoms with Crippen molar-refractivity contribution in [3.63, 3.8) is 0 Å². The van der Waals surface area contributed by atoms with Crippen molar-refractivity contribution in [2.24, 2.45) is 11.7 Å². The van der Waals surface area contributed by atoms with Crippen LogP contribution < -0.4 is 11.1 Å². The van der Waals surface area contributed by atoms with E-state index in [1.165, 1.54) is 4.31 Å². The minimum atomic E-state index is -3.53. The van der Waals surface area contributed by atoms with Crippen LogP contribution in [0.15, 0.2) is 29.2 Å². The highest BCUT2D eigenvalue weighted by atomic mass is 32.2. The van der Waals surface area contributed by atoms with Crippen LogP contribution in [0.3, 0.4) is 0 Å². The summed E-state index contributed by atoms with van der Waals surface area (Å²) in [6, 6.07) is 6.71. The number of sulfonamides is 1. The lowest BCUT2D eigenvalue weighted by molar-refractivity contribution is -0.128. The second-order valence-corrected chi connectivity index (χ2v) is 7.61. The number of carbonyl (C=O) groups excluding carboxylic acids is 2. The molecule has 1 fully saturated rings. The molecule has 1 aliphatic heterocycles. The number of piperidine rings is 1. The molecule has 7 nitrogen and oxygen atoms in total. The van der Waals surface area contributed by atoms with Gasteiger partial charge in [0.15, 0.2) is 0 Å². The number of nitrogens with zero attached hydrogens (tertiary/aromatic N) is 1. The van der Waals surface area contributed by atoms with Crippen molar-refractivity contribution in [1.29, 1.82) is 0 Å². The molecule has 0 aromatic heterocycles. The lowest BCUT2D eigenvalue weighted by Gasteiger charge is -2.30. The highest BCUT2D eigenvalue weighted by Gasteiger charge is 2.31. The molecule has 8 heteroatoms. The molecule has 0 saturated carbocycles. The topological polar surface area (TPSA) is 110 Å². The summed E-state index contributed by atoms with van der Waals surface area (Å²) in [6.07, 6.45) is 0.853. The van der Waals surface area contributed by atoms with Crippen LogP contribution in [-0.4, -0.2) is 44.2 Å². The molecular formula is C15H21N3O4S. The lowest BCUT2D eigenvalue weighted by atomic mass is 9.97. The number of nitrogens with two attached hydrogens (primary N) is 1.